The summed E-state index contributed by atoms with van der Waals surface area (Å²) in [5.74, 6) is 0. The van der Waals surface area contributed by atoms with Gasteiger partial charge in [0.1, 0.15) is 0 Å². The highest BCUT2D eigenvalue weighted by molar-refractivity contribution is 6.15. The van der Waals surface area contributed by atoms with E-state index >= 15 is 0 Å². The molecule has 0 saturated heterocycles. The van der Waals surface area contributed by atoms with Crippen molar-refractivity contribution in [2.45, 2.75) is 5.41 Å². The Labute approximate surface area is 371 Å². The highest BCUT2D eigenvalue weighted by Gasteiger charge is 2.51. The van der Waals surface area contributed by atoms with Gasteiger partial charge in [0.05, 0.1) is 38.9 Å². The Morgan fingerprint density at radius 2 is 0.812 bits per heavy atom. The van der Waals surface area contributed by atoms with Crippen molar-refractivity contribution in [1.82, 2.24) is 9.13 Å². The normalized spacial score (nSPS) is 13.4. The molecule has 1 aliphatic carbocycles. The zero-order chi connectivity index (χ0) is 41.9. The molecule has 2 aromatic heterocycles. The van der Waals surface area contributed by atoms with Crippen molar-refractivity contribution in [2.24, 2.45) is 0 Å². The van der Waals surface area contributed by atoms with Gasteiger partial charge in [0, 0.05) is 44.2 Å². The van der Waals surface area contributed by atoms with E-state index < -0.39 is 5.41 Å². The van der Waals surface area contributed by atoms with E-state index in [1.807, 2.05) is 0 Å². The highest BCUT2D eigenvalue weighted by Crippen LogP contribution is 2.63. The Bertz CT molecular complexity index is 3810. The molecule has 0 N–H and O–H groups in total. The maximum atomic E-state index is 2.51. The molecule has 0 atom stereocenters. The summed E-state index contributed by atoms with van der Waals surface area (Å²) in [6, 6.07) is 87.6. The number of anilines is 3. The molecule has 2 aliphatic rings. The molecule has 3 heterocycles. The molecule has 0 unspecified atom stereocenters. The van der Waals surface area contributed by atoms with Crippen molar-refractivity contribution in [2.75, 3.05) is 4.90 Å². The topological polar surface area (TPSA) is 13.1 Å². The summed E-state index contributed by atoms with van der Waals surface area (Å²) in [7, 11) is 0. The summed E-state index contributed by atoms with van der Waals surface area (Å²) < 4.78 is 4.95. The van der Waals surface area contributed by atoms with Crippen molar-refractivity contribution in [3.63, 3.8) is 0 Å². The second-order valence-corrected chi connectivity index (χ2v) is 17.2. The lowest BCUT2D eigenvalue weighted by Gasteiger charge is -2.45. The minimum atomic E-state index is -0.551. The standard InChI is InChI=1S/C61H39N3/c1-3-18-41(19-4-1)62-57-32-15-11-28-52(57)61(53-29-12-16-33-58(53)62)51-27-10-7-22-45(51)46-37-35-43(39-54(46)61)63-55-30-13-8-23-47(55)49-36-34-40(38-59(49)63)44-25-17-26-50-48-24-9-14-31-56(48)64(60(44)50)42-20-5-2-6-21-42/h1-39H. The van der Waals surface area contributed by atoms with E-state index in [9.17, 15) is 0 Å². The zero-order valence-electron chi connectivity index (χ0n) is 34.9. The van der Waals surface area contributed by atoms with Crippen molar-refractivity contribution < 1.29 is 0 Å². The van der Waals surface area contributed by atoms with Gasteiger partial charge in [-0.1, -0.05) is 170 Å². The average molecular weight is 814 g/mol. The van der Waals surface area contributed by atoms with E-state index in [-0.39, 0.29) is 0 Å². The molecule has 0 saturated carbocycles. The average Bonchev–Trinajstić information content (AvgIpc) is 3.99. The molecule has 3 nitrogen and oxygen atoms in total. The van der Waals surface area contributed by atoms with E-state index in [0.717, 1.165) is 17.1 Å². The molecule has 0 bridgehead atoms. The molecule has 14 rings (SSSR count). The number of nitrogens with zero attached hydrogens (tertiary/aromatic N) is 3. The number of aromatic nitrogens is 2. The van der Waals surface area contributed by atoms with Crippen molar-refractivity contribution in [3.05, 3.63) is 259 Å². The fourth-order valence-corrected chi connectivity index (χ4v) is 11.6. The van der Waals surface area contributed by atoms with E-state index in [1.54, 1.807) is 0 Å². The van der Waals surface area contributed by atoms with Crippen LogP contribution >= 0.6 is 0 Å². The van der Waals surface area contributed by atoms with Crippen LogP contribution < -0.4 is 4.90 Å². The third kappa shape index (κ3) is 4.65. The van der Waals surface area contributed by atoms with Gasteiger partial charge in [0.15, 0.2) is 0 Å². The summed E-state index contributed by atoms with van der Waals surface area (Å²) in [5, 5.41) is 4.98. The predicted octanol–water partition coefficient (Wildman–Crippen LogP) is 15.7. The minimum absolute atomic E-state index is 0.551. The largest absolute Gasteiger partial charge is 0.310 e. The molecule has 3 heteroatoms. The molecule has 1 aliphatic heterocycles. The van der Waals surface area contributed by atoms with Gasteiger partial charge < -0.3 is 14.0 Å². The lowest BCUT2D eigenvalue weighted by atomic mass is 9.64. The van der Waals surface area contributed by atoms with Gasteiger partial charge >= 0.3 is 0 Å². The Morgan fingerprint density at radius 1 is 0.281 bits per heavy atom. The van der Waals surface area contributed by atoms with Gasteiger partial charge in [0.25, 0.3) is 0 Å². The van der Waals surface area contributed by atoms with Gasteiger partial charge in [-0.05, 0) is 106 Å². The van der Waals surface area contributed by atoms with Crippen LogP contribution in [0.1, 0.15) is 22.3 Å². The van der Waals surface area contributed by atoms with E-state index in [4.69, 9.17) is 0 Å². The number of hydrogen-bond acceptors (Lipinski definition) is 1. The predicted molar refractivity (Wildman–Crippen MR) is 266 cm³/mol. The van der Waals surface area contributed by atoms with Crippen LogP contribution in [0.5, 0.6) is 0 Å². The summed E-state index contributed by atoms with van der Waals surface area (Å²) in [6.07, 6.45) is 0. The van der Waals surface area contributed by atoms with Crippen LogP contribution in [0.15, 0.2) is 237 Å². The molecular weight excluding hydrogens is 775 g/mol. The molecule has 0 amide bonds. The summed E-state index contributed by atoms with van der Waals surface area (Å²) in [6.45, 7) is 0. The number of benzene rings is 10. The van der Waals surface area contributed by atoms with Crippen LogP contribution in [0.4, 0.5) is 17.1 Å². The lowest BCUT2D eigenvalue weighted by molar-refractivity contribution is 0.752. The monoisotopic (exact) mass is 813 g/mol. The summed E-state index contributed by atoms with van der Waals surface area (Å²) in [4.78, 5) is 2.45. The smallest absolute Gasteiger partial charge is 0.0755 e. The first-order valence-corrected chi connectivity index (χ1v) is 22.2. The van der Waals surface area contributed by atoms with Gasteiger partial charge in [-0.25, -0.2) is 0 Å². The minimum Gasteiger partial charge on any atom is -0.310 e. The van der Waals surface area contributed by atoms with Gasteiger partial charge in [0.2, 0.25) is 0 Å². The molecule has 0 radical (unpaired) electrons. The fourth-order valence-electron chi connectivity index (χ4n) is 11.6. The number of rotatable bonds is 4. The first-order chi connectivity index (χ1) is 31.8. The summed E-state index contributed by atoms with van der Waals surface area (Å²) >= 11 is 0. The van der Waals surface area contributed by atoms with Gasteiger partial charge in [-0.2, -0.15) is 0 Å². The molecular formula is C61H39N3. The van der Waals surface area contributed by atoms with Crippen molar-refractivity contribution in [3.8, 4) is 33.6 Å². The van der Waals surface area contributed by atoms with Crippen LogP contribution in [0, 0.1) is 0 Å². The third-order valence-corrected chi connectivity index (χ3v) is 14.1. The van der Waals surface area contributed by atoms with Crippen LogP contribution in [0.25, 0.3) is 77.2 Å². The maximum absolute atomic E-state index is 2.51. The maximum Gasteiger partial charge on any atom is 0.0755 e. The van der Waals surface area contributed by atoms with Crippen molar-refractivity contribution in [1.29, 1.82) is 0 Å². The second kappa shape index (κ2) is 13.3. The molecule has 10 aromatic carbocycles. The zero-order valence-corrected chi connectivity index (χ0v) is 34.9. The third-order valence-electron chi connectivity index (χ3n) is 14.1. The summed E-state index contributed by atoms with van der Waals surface area (Å²) in [5.41, 5.74) is 20.2. The first kappa shape index (κ1) is 35.2. The first-order valence-electron chi connectivity index (χ1n) is 22.2. The number of hydrogen-bond donors (Lipinski definition) is 0. The van der Waals surface area contributed by atoms with E-state index in [1.165, 1.54) is 99.5 Å². The Kier molecular flexibility index (Phi) is 7.32. The number of fused-ring (bicyclic) bond motifs is 15. The Hall–Kier alpha value is -8.40. The second-order valence-electron chi connectivity index (χ2n) is 17.2. The van der Waals surface area contributed by atoms with Crippen LogP contribution in [0.3, 0.4) is 0 Å². The molecule has 1 spiro atoms. The van der Waals surface area contributed by atoms with E-state index in [0.29, 0.717) is 0 Å². The number of para-hydroxylation sites is 7. The lowest BCUT2D eigenvalue weighted by Crippen LogP contribution is -2.36. The SMILES string of the molecule is c1ccc(N2c3ccccc3C3(c4ccccc4-c4ccc(-n5c6ccccc6c6ccc(-c7cccc8c9ccccc9n(-c9ccccc9)c78)cc65)cc43)c3ccccc32)cc1. The Morgan fingerprint density at radius 3 is 1.55 bits per heavy atom. The fraction of sp³-hybridized carbons (Fsp3) is 0.0164. The van der Waals surface area contributed by atoms with E-state index in [2.05, 4.69) is 251 Å². The molecule has 64 heavy (non-hydrogen) atoms. The van der Waals surface area contributed by atoms with Gasteiger partial charge in [-0.15, -0.1) is 0 Å². The van der Waals surface area contributed by atoms with Crippen LogP contribution in [-0.4, -0.2) is 9.13 Å². The van der Waals surface area contributed by atoms with Gasteiger partial charge in [-0.3, -0.25) is 0 Å². The molecule has 0 fully saturated rings. The molecule has 298 valence electrons. The Balaban J connectivity index is 1.04. The van der Waals surface area contributed by atoms with Crippen LogP contribution in [0.2, 0.25) is 0 Å². The van der Waals surface area contributed by atoms with Crippen LogP contribution in [-0.2, 0) is 5.41 Å². The van der Waals surface area contributed by atoms with Crippen molar-refractivity contribution >= 4 is 60.7 Å². The quantitative estimate of drug-likeness (QED) is 0.172. The highest BCUT2D eigenvalue weighted by atomic mass is 15.2. The molecule has 12 aromatic rings.